The third kappa shape index (κ3) is 6.39. The fraction of sp³-hybridized carbons (Fsp3) is 0.469. The summed E-state index contributed by atoms with van der Waals surface area (Å²) in [5.74, 6) is -0.883. The lowest BCUT2D eigenvalue weighted by Gasteiger charge is -2.38. The minimum atomic E-state index is -3.27. The van der Waals surface area contributed by atoms with E-state index in [0.717, 1.165) is 24.0 Å². The molecule has 1 saturated heterocycles. The summed E-state index contributed by atoms with van der Waals surface area (Å²) in [6, 6.07) is 7.39. The molecule has 6 rings (SSSR count). The van der Waals surface area contributed by atoms with Gasteiger partial charge in [-0.2, -0.15) is 5.10 Å². The number of halogens is 2. The van der Waals surface area contributed by atoms with Crippen molar-refractivity contribution in [3.8, 4) is 11.3 Å². The van der Waals surface area contributed by atoms with Crippen LogP contribution in [0.1, 0.15) is 61.0 Å². The molecule has 4 atom stereocenters. The Morgan fingerprint density at radius 3 is 2.55 bits per heavy atom. The van der Waals surface area contributed by atoms with E-state index in [2.05, 4.69) is 15.1 Å². The average molecular weight is 626 g/mol. The summed E-state index contributed by atoms with van der Waals surface area (Å²) < 4.78 is 68.2. The summed E-state index contributed by atoms with van der Waals surface area (Å²) in [4.78, 5) is 8.90. The number of rotatable bonds is 8. The summed E-state index contributed by atoms with van der Waals surface area (Å²) in [5, 5.41) is 4.03. The number of hydrogen-bond donors (Lipinski definition) is 1. The summed E-state index contributed by atoms with van der Waals surface area (Å²) in [5.41, 5.74) is 9.40. The Morgan fingerprint density at radius 2 is 1.84 bits per heavy atom. The SMILES string of the molecule is C[C@H]1C[C@@H](c2ccncc2Cc2ncc3ccc(-c4c(F)cc(COC5CCOCC5)cc4F)nn23)C[C@@H](N)[C@@H]1S(C)(=O)=O. The number of aromatic nitrogens is 4. The van der Waals surface area contributed by atoms with Gasteiger partial charge in [0.1, 0.15) is 17.5 Å². The Balaban J connectivity index is 1.25. The minimum Gasteiger partial charge on any atom is -0.381 e. The van der Waals surface area contributed by atoms with Gasteiger partial charge in [0.15, 0.2) is 9.84 Å². The first-order chi connectivity index (χ1) is 21.1. The molecule has 2 fully saturated rings. The summed E-state index contributed by atoms with van der Waals surface area (Å²) in [7, 11) is -3.27. The Bertz CT molecular complexity index is 1720. The molecule has 4 aromatic rings. The molecule has 2 N–H and O–H groups in total. The second kappa shape index (κ2) is 12.6. The van der Waals surface area contributed by atoms with E-state index in [4.69, 9.17) is 15.2 Å². The third-order valence-corrected chi connectivity index (χ3v) is 10.7. The third-order valence-electron chi connectivity index (χ3n) is 8.89. The zero-order valence-corrected chi connectivity index (χ0v) is 25.6. The lowest BCUT2D eigenvalue weighted by molar-refractivity contribution is -0.0391. The van der Waals surface area contributed by atoms with E-state index >= 15 is 8.78 Å². The monoisotopic (exact) mass is 625 g/mol. The quantitative estimate of drug-likeness (QED) is 0.301. The Kier molecular flexibility index (Phi) is 8.78. The molecule has 3 aromatic heterocycles. The molecule has 1 aliphatic heterocycles. The molecule has 0 radical (unpaired) electrons. The molecule has 1 aliphatic carbocycles. The van der Waals surface area contributed by atoms with Gasteiger partial charge in [-0.3, -0.25) is 4.98 Å². The van der Waals surface area contributed by atoms with Crippen molar-refractivity contribution in [1.29, 1.82) is 0 Å². The molecule has 0 amide bonds. The molecule has 234 valence electrons. The van der Waals surface area contributed by atoms with Crippen LogP contribution in [-0.4, -0.2) is 64.9 Å². The van der Waals surface area contributed by atoms with Crippen molar-refractivity contribution >= 4 is 15.4 Å². The molecule has 1 aromatic carbocycles. The molecule has 0 unspecified atom stereocenters. The van der Waals surface area contributed by atoms with Gasteiger partial charge in [-0.25, -0.2) is 26.7 Å². The van der Waals surface area contributed by atoms with Gasteiger partial charge in [0.25, 0.3) is 0 Å². The van der Waals surface area contributed by atoms with Crippen LogP contribution in [0, 0.1) is 17.6 Å². The molecular formula is C32H37F2N5O4S. The van der Waals surface area contributed by atoms with E-state index in [1.807, 2.05) is 13.0 Å². The number of hydrogen-bond acceptors (Lipinski definition) is 8. The number of benzene rings is 1. The van der Waals surface area contributed by atoms with Gasteiger partial charge in [-0.15, -0.1) is 0 Å². The van der Waals surface area contributed by atoms with Gasteiger partial charge in [0.2, 0.25) is 0 Å². The second-order valence-electron chi connectivity index (χ2n) is 12.1. The van der Waals surface area contributed by atoms with E-state index in [9.17, 15) is 8.42 Å². The molecule has 12 heteroatoms. The molecule has 4 heterocycles. The largest absolute Gasteiger partial charge is 0.381 e. The van der Waals surface area contributed by atoms with E-state index in [1.165, 1.54) is 18.4 Å². The van der Waals surface area contributed by atoms with Crippen LogP contribution in [0.15, 0.2) is 48.9 Å². The van der Waals surface area contributed by atoms with Crippen LogP contribution in [0.2, 0.25) is 0 Å². The molecule has 9 nitrogen and oxygen atoms in total. The van der Waals surface area contributed by atoms with Gasteiger partial charge in [0, 0.05) is 44.3 Å². The highest BCUT2D eigenvalue weighted by Gasteiger charge is 2.40. The van der Waals surface area contributed by atoms with Crippen LogP contribution < -0.4 is 5.73 Å². The Hall–Kier alpha value is -3.32. The summed E-state index contributed by atoms with van der Waals surface area (Å²) >= 11 is 0. The predicted molar refractivity (Wildman–Crippen MR) is 162 cm³/mol. The van der Waals surface area contributed by atoms with Crippen molar-refractivity contribution in [3.05, 3.63) is 83.1 Å². The van der Waals surface area contributed by atoms with Crippen molar-refractivity contribution in [2.75, 3.05) is 19.5 Å². The van der Waals surface area contributed by atoms with Crippen LogP contribution in [0.5, 0.6) is 0 Å². The smallest absolute Gasteiger partial charge is 0.152 e. The zero-order chi connectivity index (χ0) is 31.0. The number of sulfone groups is 1. The van der Waals surface area contributed by atoms with Crippen molar-refractivity contribution in [2.24, 2.45) is 11.7 Å². The Labute approximate surface area is 255 Å². The molecule has 0 bridgehead atoms. The molecule has 1 saturated carbocycles. The van der Waals surface area contributed by atoms with Crippen molar-refractivity contribution in [1.82, 2.24) is 19.6 Å². The van der Waals surface area contributed by atoms with E-state index < -0.39 is 32.8 Å². The van der Waals surface area contributed by atoms with Crippen LogP contribution in [0.25, 0.3) is 16.8 Å². The number of fused-ring (bicyclic) bond motifs is 1. The van der Waals surface area contributed by atoms with Gasteiger partial charge in [-0.1, -0.05) is 6.92 Å². The van der Waals surface area contributed by atoms with Gasteiger partial charge in [-0.05, 0) is 84.5 Å². The normalized spacial score (nSPS) is 23.3. The molecular weight excluding hydrogens is 588 g/mol. The summed E-state index contributed by atoms with van der Waals surface area (Å²) in [6.07, 6.45) is 9.56. The number of nitrogens with two attached hydrogens (primary N) is 1. The van der Waals surface area contributed by atoms with Crippen molar-refractivity contribution in [2.45, 2.75) is 68.9 Å². The highest BCUT2D eigenvalue weighted by atomic mass is 32.2. The van der Waals surface area contributed by atoms with Crippen LogP contribution in [0.3, 0.4) is 0 Å². The molecule has 2 aliphatic rings. The number of nitrogens with zero attached hydrogens (tertiary/aromatic N) is 4. The van der Waals surface area contributed by atoms with Crippen molar-refractivity contribution < 1.29 is 26.7 Å². The lowest BCUT2D eigenvalue weighted by Crippen LogP contribution is -2.48. The first-order valence-electron chi connectivity index (χ1n) is 15.0. The number of imidazole rings is 1. The van der Waals surface area contributed by atoms with Crippen LogP contribution in [-0.2, 0) is 32.3 Å². The highest BCUT2D eigenvalue weighted by molar-refractivity contribution is 7.91. The molecule has 0 spiro atoms. The minimum absolute atomic E-state index is 0.0151. The maximum absolute atomic E-state index is 15.3. The maximum atomic E-state index is 15.3. The van der Waals surface area contributed by atoms with Crippen LogP contribution >= 0.6 is 0 Å². The number of ether oxygens (including phenoxy) is 2. The lowest BCUT2D eigenvalue weighted by atomic mass is 9.75. The average Bonchev–Trinajstić information content (AvgIpc) is 3.37. The van der Waals surface area contributed by atoms with Gasteiger partial charge >= 0.3 is 0 Å². The topological polar surface area (TPSA) is 122 Å². The Morgan fingerprint density at radius 1 is 1.09 bits per heavy atom. The predicted octanol–water partition coefficient (Wildman–Crippen LogP) is 4.61. The highest BCUT2D eigenvalue weighted by Crippen LogP contribution is 2.39. The fourth-order valence-electron chi connectivity index (χ4n) is 6.91. The van der Waals surface area contributed by atoms with E-state index in [1.54, 1.807) is 35.2 Å². The standard InChI is InChI=1S/C32H37F2N5O4S/c1-19-11-21(14-28(35)32(19)44(2,40)41)25-5-8-36-16-22(25)15-30-37-17-23-3-4-29(38-39(23)30)31-26(33)12-20(13-27(31)34)18-43-24-6-9-42-10-7-24/h3-5,8,12-13,16-17,19,21,24,28,32H,6-7,9-11,14-15,18,35H2,1-2H3/t19-,21+,28+,32+/m0/s1. The number of pyridine rings is 1. The van der Waals surface area contributed by atoms with E-state index in [-0.39, 0.29) is 35.8 Å². The zero-order valence-electron chi connectivity index (χ0n) is 24.8. The van der Waals surface area contributed by atoms with Gasteiger partial charge < -0.3 is 15.2 Å². The maximum Gasteiger partial charge on any atom is 0.152 e. The van der Waals surface area contributed by atoms with E-state index in [0.29, 0.717) is 49.4 Å². The van der Waals surface area contributed by atoms with Crippen LogP contribution in [0.4, 0.5) is 8.78 Å². The fourth-order valence-corrected chi connectivity index (χ4v) is 8.61. The van der Waals surface area contributed by atoms with Gasteiger partial charge in [0.05, 0.1) is 40.9 Å². The first-order valence-corrected chi connectivity index (χ1v) is 16.9. The van der Waals surface area contributed by atoms with Crippen molar-refractivity contribution in [3.63, 3.8) is 0 Å². The second-order valence-corrected chi connectivity index (χ2v) is 14.3. The molecule has 44 heavy (non-hydrogen) atoms. The first kappa shape index (κ1) is 30.7. The summed E-state index contributed by atoms with van der Waals surface area (Å²) in [6.45, 7) is 3.30.